The highest BCUT2D eigenvalue weighted by atomic mass is 19.1. The Morgan fingerprint density at radius 1 is 1.09 bits per heavy atom. The van der Waals surface area contributed by atoms with Crippen LogP contribution in [0.4, 0.5) is 10.3 Å². The van der Waals surface area contributed by atoms with E-state index in [-0.39, 0.29) is 11.8 Å². The normalized spacial score (nSPS) is 18.9. The Hall–Kier alpha value is -3.39. The highest BCUT2D eigenvalue weighted by Crippen LogP contribution is 2.34. The molecule has 0 N–H and O–H groups in total. The van der Waals surface area contributed by atoms with Gasteiger partial charge in [-0.2, -0.15) is 0 Å². The van der Waals surface area contributed by atoms with Gasteiger partial charge in [0.25, 0.3) is 5.91 Å². The molecule has 0 spiro atoms. The molecule has 2 aliphatic rings. The van der Waals surface area contributed by atoms with Crippen LogP contribution in [0.1, 0.15) is 34.8 Å². The lowest BCUT2D eigenvalue weighted by Crippen LogP contribution is -2.40. The minimum atomic E-state index is -0.403. The fourth-order valence-electron chi connectivity index (χ4n) is 4.55. The fraction of sp³-hybridized carbons (Fsp3) is 0.360. The van der Waals surface area contributed by atoms with E-state index in [9.17, 15) is 9.18 Å². The summed E-state index contributed by atoms with van der Waals surface area (Å²) in [5.41, 5.74) is 3.19. The molecule has 8 heteroatoms. The molecule has 2 aromatic heterocycles. The molecule has 1 unspecified atom stereocenters. The second-order valence-corrected chi connectivity index (χ2v) is 8.41. The number of rotatable bonds is 4. The van der Waals surface area contributed by atoms with Crippen molar-refractivity contribution in [3.05, 3.63) is 72.1 Å². The van der Waals surface area contributed by atoms with Gasteiger partial charge in [0.15, 0.2) is 0 Å². The van der Waals surface area contributed by atoms with Gasteiger partial charge in [-0.3, -0.25) is 9.78 Å². The predicted molar refractivity (Wildman–Crippen MR) is 123 cm³/mol. The van der Waals surface area contributed by atoms with Crippen molar-refractivity contribution in [1.82, 2.24) is 19.9 Å². The number of pyridine rings is 1. The number of halogens is 1. The average Bonchev–Trinajstić information content (AvgIpc) is 2.89. The van der Waals surface area contributed by atoms with Gasteiger partial charge in [-0.15, -0.1) is 0 Å². The molecular formula is C25H26FN5O2. The van der Waals surface area contributed by atoms with Crippen LogP contribution in [0.2, 0.25) is 0 Å². The van der Waals surface area contributed by atoms with Gasteiger partial charge in [-0.1, -0.05) is 12.1 Å². The van der Waals surface area contributed by atoms with Crippen molar-refractivity contribution in [2.45, 2.75) is 18.8 Å². The van der Waals surface area contributed by atoms with Crippen molar-refractivity contribution in [2.24, 2.45) is 0 Å². The number of benzene rings is 1. The van der Waals surface area contributed by atoms with Crippen LogP contribution >= 0.6 is 0 Å². The summed E-state index contributed by atoms with van der Waals surface area (Å²) in [6.07, 6.45) is 7.20. The van der Waals surface area contributed by atoms with Gasteiger partial charge in [0.2, 0.25) is 5.95 Å². The lowest BCUT2D eigenvalue weighted by molar-refractivity contribution is 0.0705. The highest BCUT2D eigenvalue weighted by Gasteiger charge is 2.29. The number of piperidine rings is 1. The Balaban J connectivity index is 1.47. The van der Waals surface area contributed by atoms with E-state index < -0.39 is 5.82 Å². The Bertz CT molecular complexity index is 1120. The number of anilines is 1. The number of likely N-dealkylation sites (tertiary alicyclic amines) is 1. The molecule has 2 saturated heterocycles. The first-order valence-corrected chi connectivity index (χ1v) is 11.3. The van der Waals surface area contributed by atoms with E-state index in [0.717, 1.165) is 42.8 Å². The zero-order valence-electron chi connectivity index (χ0n) is 18.4. The minimum absolute atomic E-state index is 0.0502. The van der Waals surface area contributed by atoms with Crippen LogP contribution in [0.5, 0.6) is 0 Å². The number of aromatic nitrogens is 3. The van der Waals surface area contributed by atoms with E-state index in [1.165, 1.54) is 12.1 Å². The summed E-state index contributed by atoms with van der Waals surface area (Å²) in [5.74, 6) is 0.188. The zero-order chi connectivity index (χ0) is 22.6. The third-order valence-corrected chi connectivity index (χ3v) is 6.24. The summed E-state index contributed by atoms with van der Waals surface area (Å²) in [5, 5.41) is 0. The van der Waals surface area contributed by atoms with Crippen LogP contribution in [0.25, 0.3) is 11.1 Å². The van der Waals surface area contributed by atoms with E-state index in [1.54, 1.807) is 18.3 Å². The molecule has 0 radical (unpaired) electrons. The highest BCUT2D eigenvalue weighted by molar-refractivity contribution is 5.94. The van der Waals surface area contributed by atoms with Gasteiger partial charge in [0, 0.05) is 67.4 Å². The number of carbonyl (C=O) groups is 1. The van der Waals surface area contributed by atoms with Crippen LogP contribution in [-0.4, -0.2) is 65.2 Å². The topological polar surface area (TPSA) is 71.5 Å². The summed E-state index contributed by atoms with van der Waals surface area (Å²) in [7, 11) is 0. The Morgan fingerprint density at radius 3 is 2.76 bits per heavy atom. The van der Waals surface area contributed by atoms with Gasteiger partial charge >= 0.3 is 0 Å². The molecule has 0 bridgehead atoms. The van der Waals surface area contributed by atoms with E-state index in [4.69, 9.17) is 9.72 Å². The summed E-state index contributed by atoms with van der Waals surface area (Å²) in [4.78, 5) is 31.0. The van der Waals surface area contributed by atoms with Gasteiger partial charge < -0.3 is 14.5 Å². The van der Waals surface area contributed by atoms with Crippen molar-refractivity contribution in [2.75, 3.05) is 44.3 Å². The first-order chi connectivity index (χ1) is 16.2. The number of ether oxygens (including phenoxy) is 1. The number of amides is 1. The molecule has 0 aliphatic carbocycles. The summed E-state index contributed by atoms with van der Waals surface area (Å²) >= 11 is 0. The molecular weight excluding hydrogens is 421 g/mol. The van der Waals surface area contributed by atoms with Crippen LogP contribution < -0.4 is 4.90 Å². The van der Waals surface area contributed by atoms with E-state index in [1.807, 2.05) is 29.4 Å². The number of carbonyl (C=O) groups excluding carboxylic acids is 1. The lowest BCUT2D eigenvalue weighted by atomic mass is 9.90. The summed E-state index contributed by atoms with van der Waals surface area (Å²) in [6.45, 7) is 3.99. The largest absolute Gasteiger partial charge is 0.378 e. The number of hydrogen-bond donors (Lipinski definition) is 0. The maximum atomic E-state index is 13.7. The van der Waals surface area contributed by atoms with Crippen molar-refractivity contribution in [3.63, 3.8) is 0 Å². The monoisotopic (exact) mass is 447 g/mol. The number of hydrogen-bond acceptors (Lipinski definition) is 6. The van der Waals surface area contributed by atoms with Crippen molar-refractivity contribution in [3.8, 4) is 11.1 Å². The molecule has 0 saturated carbocycles. The molecule has 7 nitrogen and oxygen atoms in total. The third-order valence-electron chi connectivity index (χ3n) is 6.24. The first kappa shape index (κ1) is 21.5. The Labute approximate surface area is 192 Å². The van der Waals surface area contributed by atoms with E-state index in [2.05, 4.69) is 14.9 Å². The predicted octanol–water partition coefficient (Wildman–Crippen LogP) is 3.53. The molecule has 33 heavy (non-hydrogen) atoms. The average molecular weight is 448 g/mol. The zero-order valence-corrected chi connectivity index (χ0v) is 18.4. The fourth-order valence-corrected chi connectivity index (χ4v) is 4.55. The van der Waals surface area contributed by atoms with Crippen LogP contribution in [-0.2, 0) is 4.74 Å². The second kappa shape index (κ2) is 9.62. The molecule has 2 aliphatic heterocycles. The van der Waals surface area contributed by atoms with Gasteiger partial charge in [-0.05, 0) is 37.1 Å². The minimum Gasteiger partial charge on any atom is -0.378 e. The lowest BCUT2D eigenvalue weighted by Gasteiger charge is -2.34. The van der Waals surface area contributed by atoms with Gasteiger partial charge in [0.1, 0.15) is 5.82 Å². The Kier molecular flexibility index (Phi) is 6.26. The van der Waals surface area contributed by atoms with E-state index in [0.29, 0.717) is 37.8 Å². The maximum Gasteiger partial charge on any atom is 0.253 e. The molecule has 4 heterocycles. The SMILES string of the molecule is O=C(c1cccc(F)c1)N1CCCC(c2nc(N3CCOCC3)ncc2-c2cccnc2)C1. The number of morpholine rings is 1. The number of nitrogens with zero attached hydrogens (tertiary/aromatic N) is 5. The smallest absolute Gasteiger partial charge is 0.253 e. The van der Waals surface area contributed by atoms with Crippen molar-refractivity contribution in [1.29, 1.82) is 0 Å². The van der Waals surface area contributed by atoms with Crippen molar-refractivity contribution >= 4 is 11.9 Å². The van der Waals surface area contributed by atoms with Crippen LogP contribution in [0, 0.1) is 5.82 Å². The molecule has 170 valence electrons. The molecule has 5 rings (SSSR count). The molecule has 2 fully saturated rings. The van der Waals surface area contributed by atoms with Crippen LogP contribution in [0.15, 0.2) is 55.0 Å². The quantitative estimate of drug-likeness (QED) is 0.609. The summed E-state index contributed by atoms with van der Waals surface area (Å²) in [6, 6.07) is 9.79. The van der Waals surface area contributed by atoms with Gasteiger partial charge in [-0.25, -0.2) is 14.4 Å². The molecule has 1 aromatic carbocycles. The first-order valence-electron chi connectivity index (χ1n) is 11.3. The van der Waals surface area contributed by atoms with E-state index >= 15 is 0 Å². The van der Waals surface area contributed by atoms with Crippen molar-refractivity contribution < 1.29 is 13.9 Å². The standard InChI is InChI=1S/C25H26FN5O2/c26-21-7-1-4-18(14-21)24(32)31-9-3-6-20(17-31)23-22(19-5-2-8-27-15-19)16-28-25(29-23)30-10-12-33-13-11-30/h1-2,4-5,7-8,14-16,20H,3,6,9-13,17H2. The summed E-state index contributed by atoms with van der Waals surface area (Å²) < 4.78 is 19.2. The second-order valence-electron chi connectivity index (χ2n) is 8.41. The maximum absolute atomic E-state index is 13.7. The van der Waals surface area contributed by atoms with Gasteiger partial charge in [0.05, 0.1) is 18.9 Å². The molecule has 1 amide bonds. The molecule has 1 atom stereocenters. The Morgan fingerprint density at radius 2 is 1.97 bits per heavy atom. The van der Waals surface area contributed by atoms with Crippen LogP contribution in [0.3, 0.4) is 0 Å². The molecule has 3 aromatic rings. The third kappa shape index (κ3) is 4.71.